The van der Waals surface area contributed by atoms with E-state index in [1.165, 1.54) is 0 Å². The third kappa shape index (κ3) is 4.36. The number of benzene rings is 1. The first kappa shape index (κ1) is 20.3. The fourth-order valence-electron chi connectivity index (χ4n) is 2.99. The highest BCUT2D eigenvalue weighted by Gasteiger charge is 2.35. The summed E-state index contributed by atoms with van der Waals surface area (Å²) < 4.78 is 69.9. The van der Waals surface area contributed by atoms with E-state index in [1.54, 1.807) is 13.0 Å². The molecule has 1 fully saturated rings. The van der Waals surface area contributed by atoms with Gasteiger partial charge in [-0.15, -0.1) is 0 Å². The van der Waals surface area contributed by atoms with Crippen LogP contribution in [0.5, 0.6) is 0 Å². The summed E-state index contributed by atoms with van der Waals surface area (Å²) in [5.74, 6) is 0.0909. The molecule has 1 amide bonds. The van der Waals surface area contributed by atoms with Crippen molar-refractivity contribution >= 4 is 21.7 Å². The zero-order valence-electron chi connectivity index (χ0n) is 14.9. The van der Waals surface area contributed by atoms with Gasteiger partial charge in [-0.2, -0.15) is 17.5 Å². The van der Waals surface area contributed by atoms with Crippen molar-refractivity contribution in [2.45, 2.75) is 30.8 Å². The summed E-state index contributed by atoms with van der Waals surface area (Å²) in [6.45, 7) is 1.75. The maximum absolute atomic E-state index is 12.9. The van der Waals surface area contributed by atoms with Crippen LogP contribution in [0.15, 0.2) is 39.8 Å². The Kier molecular flexibility index (Phi) is 5.48. The molecule has 1 saturated heterocycles. The normalized spacial score (nSPS) is 16.9. The van der Waals surface area contributed by atoms with Crippen molar-refractivity contribution in [2.75, 3.05) is 18.4 Å². The quantitative estimate of drug-likeness (QED) is 0.826. The summed E-state index contributed by atoms with van der Waals surface area (Å²) >= 11 is 0. The Morgan fingerprint density at radius 2 is 1.93 bits per heavy atom. The van der Waals surface area contributed by atoms with E-state index in [2.05, 4.69) is 10.5 Å². The van der Waals surface area contributed by atoms with Crippen molar-refractivity contribution in [3.63, 3.8) is 0 Å². The number of aryl methyl sites for hydroxylation is 1. The van der Waals surface area contributed by atoms with Crippen LogP contribution < -0.4 is 5.32 Å². The number of piperidine rings is 1. The van der Waals surface area contributed by atoms with Gasteiger partial charge in [0, 0.05) is 25.1 Å². The minimum atomic E-state index is -4.63. The predicted molar refractivity (Wildman–Crippen MR) is 92.8 cm³/mol. The van der Waals surface area contributed by atoms with Crippen LogP contribution in [0.4, 0.5) is 19.0 Å². The van der Waals surface area contributed by atoms with Gasteiger partial charge in [-0.25, -0.2) is 8.42 Å². The summed E-state index contributed by atoms with van der Waals surface area (Å²) in [7, 11) is -4.08. The molecule has 1 aromatic carbocycles. The minimum Gasteiger partial charge on any atom is -0.360 e. The number of carbonyl (C=O) groups excluding carboxylic acids is 1. The predicted octanol–water partition coefficient (Wildman–Crippen LogP) is 3.04. The van der Waals surface area contributed by atoms with Gasteiger partial charge >= 0.3 is 6.18 Å². The highest BCUT2D eigenvalue weighted by atomic mass is 32.2. The molecule has 1 aliphatic rings. The molecule has 3 rings (SSSR count). The molecule has 1 aromatic heterocycles. The Morgan fingerprint density at radius 1 is 1.25 bits per heavy atom. The second-order valence-electron chi connectivity index (χ2n) is 6.52. The standard InChI is InChI=1S/C17H18F3N3O4S/c1-11-9-15(22-27-11)21-16(24)12-5-7-23(8-6-12)28(25,26)14-4-2-3-13(10-14)17(18,19)20/h2-4,9-10,12H,5-8H2,1H3,(H,21,22,24). The maximum Gasteiger partial charge on any atom is 0.416 e. The van der Waals surface area contributed by atoms with E-state index in [-0.39, 0.29) is 37.7 Å². The third-order valence-electron chi connectivity index (χ3n) is 4.50. The lowest BCUT2D eigenvalue weighted by Gasteiger charge is -2.30. The Labute approximate surface area is 159 Å². The van der Waals surface area contributed by atoms with E-state index in [1.807, 2.05) is 0 Å². The van der Waals surface area contributed by atoms with Gasteiger partial charge in [0.2, 0.25) is 15.9 Å². The van der Waals surface area contributed by atoms with E-state index in [0.29, 0.717) is 11.8 Å². The second-order valence-corrected chi connectivity index (χ2v) is 8.45. The van der Waals surface area contributed by atoms with Crippen LogP contribution in [-0.2, 0) is 21.0 Å². The van der Waals surface area contributed by atoms with Crippen molar-refractivity contribution in [1.29, 1.82) is 0 Å². The van der Waals surface area contributed by atoms with E-state index < -0.39 is 32.6 Å². The Bertz CT molecular complexity index is 964. The van der Waals surface area contributed by atoms with Gasteiger partial charge in [0.15, 0.2) is 5.82 Å². The van der Waals surface area contributed by atoms with Gasteiger partial charge in [0.1, 0.15) is 5.76 Å². The average molecular weight is 417 g/mol. The molecule has 0 saturated carbocycles. The van der Waals surface area contributed by atoms with Crippen LogP contribution in [0.2, 0.25) is 0 Å². The molecule has 152 valence electrons. The first-order valence-electron chi connectivity index (χ1n) is 8.49. The number of alkyl halides is 3. The van der Waals surface area contributed by atoms with Gasteiger partial charge in [0.05, 0.1) is 10.5 Å². The molecule has 0 radical (unpaired) electrons. The van der Waals surface area contributed by atoms with E-state index in [4.69, 9.17) is 4.52 Å². The van der Waals surface area contributed by atoms with Crippen LogP contribution in [0.25, 0.3) is 0 Å². The number of halogens is 3. The number of nitrogens with one attached hydrogen (secondary N) is 1. The van der Waals surface area contributed by atoms with Gasteiger partial charge < -0.3 is 9.84 Å². The highest BCUT2D eigenvalue weighted by Crippen LogP contribution is 2.32. The monoisotopic (exact) mass is 417 g/mol. The second kappa shape index (κ2) is 7.55. The molecule has 1 N–H and O–H groups in total. The van der Waals surface area contributed by atoms with Crippen LogP contribution in [0.1, 0.15) is 24.2 Å². The summed E-state index contributed by atoms with van der Waals surface area (Å²) in [6.07, 6.45) is -4.13. The molecular formula is C17H18F3N3O4S. The lowest BCUT2D eigenvalue weighted by Crippen LogP contribution is -2.41. The number of anilines is 1. The fraction of sp³-hybridized carbons (Fsp3) is 0.412. The zero-order chi connectivity index (χ0) is 20.5. The lowest BCUT2D eigenvalue weighted by molar-refractivity contribution is -0.137. The molecule has 0 bridgehead atoms. The number of amides is 1. The van der Waals surface area contributed by atoms with E-state index in [9.17, 15) is 26.4 Å². The SMILES string of the molecule is Cc1cc(NC(=O)C2CCN(S(=O)(=O)c3cccc(C(F)(F)F)c3)CC2)no1. The third-order valence-corrected chi connectivity index (χ3v) is 6.40. The van der Waals surface area contributed by atoms with Crippen molar-refractivity contribution < 1.29 is 30.9 Å². The fourth-order valence-corrected chi connectivity index (χ4v) is 4.51. The Balaban J connectivity index is 1.66. The summed E-state index contributed by atoms with van der Waals surface area (Å²) in [4.78, 5) is 11.9. The van der Waals surface area contributed by atoms with Gasteiger partial charge in [-0.3, -0.25) is 4.79 Å². The number of carbonyl (C=O) groups is 1. The molecule has 11 heteroatoms. The van der Waals surface area contributed by atoms with Crippen molar-refractivity contribution in [1.82, 2.24) is 9.46 Å². The first-order valence-corrected chi connectivity index (χ1v) is 9.93. The van der Waals surface area contributed by atoms with Crippen LogP contribution in [0, 0.1) is 12.8 Å². The van der Waals surface area contributed by atoms with E-state index >= 15 is 0 Å². The van der Waals surface area contributed by atoms with Crippen LogP contribution in [-0.4, -0.2) is 36.9 Å². The van der Waals surface area contributed by atoms with Gasteiger partial charge in [0.25, 0.3) is 0 Å². The van der Waals surface area contributed by atoms with Crippen molar-refractivity contribution in [2.24, 2.45) is 5.92 Å². The number of hydrogen-bond acceptors (Lipinski definition) is 5. The molecule has 2 aromatic rings. The first-order chi connectivity index (χ1) is 13.1. The number of sulfonamides is 1. The summed E-state index contributed by atoms with van der Waals surface area (Å²) in [5, 5.41) is 6.27. The summed E-state index contributed by atoms with van der Waals surface area (Å²) in [6, 6.07) is 5.21. The smallest absolute Gasteiger partial charge is 0.360 e. The molecule has 28 heavy (non-hydrogen) atoms. The number of nitrogens with zero attached hydrogens (tertiary/aromatic N) is 2. The maximum atomic E-state index is 12.9. The Morgan fingerprint density at radius 3 is 2.50 bits per heavy atom. The number of aromatic nitrogens is 1. The molecule has 2 heterocycles. The van der Waals surface area contributed by atoms with Gasteiger partial charge in [-0.05, 0) is 38.0 Å². The van der Waals surface area contributed by atoms with Crippen LogP contribution in [0.3, 0.4) is 0 Å². The van der Waals surface area contributed by atoms with Crippen molar-refractivity contribution in [3.8, 4) is 0 Å². The highest BCUT2D eigenvalue weighted by molar-refractivity contribution is 7.89. The largest absolute Gasteiger partial charge is 0.416 e. The van der Waals surface area contributed by atoms with Gasteiger partial charge in [-0.1, -0.05) is 11.2 Å². The lowest BCUT2D eigenvalue weighted by atomic mass is 9.97. The molecule has 0 spiro atoms. The summed E-state index contributed by atoms with van der Waals surface area (Å²) in [5.41, 5.74) is -1.02. The molecule has 7 nitrogen and oxygen atoms in total. The molecular weight excluding hydrogens is 399 g/mol. The zero-order valence-corrected chi connectivity index (χ0v) is 15.7. The molecule has 0 unspecified atom stereocenters. The molecule has 1 aliphatic heterocycles. The topological polar surface area (TPSA) is 92.5 Å². The molecule has 0 aliphatic carbocycles. The van der Waals surface area contributed by atoms with Crippen molar-refractivity contribution in [3.05, 3.63) is 41.7 Å². The van der Waals surface area contributed by atoms with Crippen LogP contribution >= 0.6 is 0 Å². The average Bonchev–Trinajstić information content (AvgIpc) is 3.06. The molecule has 0 atom stereocenters. The van der Waals surface area contributed by atoms with E-state index in [0.717, 1.165) is 22.5 Å². The Hall–Kier alpha value is -2.40. The number of rotatable bonds is 4. The number of hydrogen-bond donors (Lipinski definition) is 1. The minimum absolute atomic E-state index is 0.0362.